The Morgan fingerprint density at radius 1 is 1.50 bits per heavy atom. The van der Waals surface area contributed by atoms with E-state index in [4.69, 9.17) is 17.3 Å². The molecule has 10 heavy (non-hydrogen) atoms. The van der Waals surface area contributed by atoms with Gasteiger partial charge >= 0.3 is 0 Å². The lowest BCUT2D eigenvalue weighted by molar-refractivity contribution is 0.481. The summed E-state index contributed by atoms with van der Waals surface area (Å²) in [5, 5.41) is -0.0844. The van der Waals surface area contributed by atoms with E-state index in [1.165, 1.54) is 0 Å². The Morgan fingerprint density at radius 2 is 2.10 bits per heavy atom. The number of pyridine rings is 1. The number of rotatable bonds is 0. The molecule has 1 aromatic heterocycles. The molecule has 0 aliphatic heterocycles. The molecule has 0 atom stereocenters. The van der Waals surface area contributed by atoms with Gasteiger partial charge in [-0.25, -0.2) is 4.39 Å². The summed E-state index contributed by atoms with van der Waals surface area (Å²) >= 11 is 5.29. The number of aromatic nitrogens is 1. The molecular weight excluding hydrogens is 162 g/mol. The summed E-state index contributed by atoms with van der Waals surface area (Å²) in [6, 6.07) is 0.777. The molecule has 54 valence electrons. The minimum absolute atomic E-state index is 0.0844. The van der Waals surface area contributed by atoms with E-state index in [0.717, 1.165) is 6.07 Å². The summed E-state index contributed by atoms with van der Waals surface area (Å²) in [6.07, 6.45) is 0. The maximum absolute atomic E-state index is 12.2. The zero-order chi connectivity index (χ0) is 7.72. The van der Waals surface area contributed by atoms with Gasteiger partial charge in [-0.3, -0.25) is 0 Å². The van der Waals surface area contributed by atoms with Gasteiger partial charge in [0.15, 0.2) is 5.82 Å². The smallest absolute Gasteiger partial charge is 0.250 e. The van der Waals surface area contributed by atoms with E-state index in [9.17, 15) is 8.78 Å². The molecule has 0 fully saturated rings. The Labute approximate surface area is 60.6 Å². The number of halogens is 3. The van der Waals surface area contributed by atoms with Gasteiger partial charge in [-0.15, -0.1) is 0 Å². The molecule has 0 aliphatic carbocycles. The molecule has 0 aromatic carbocycles. The zero-order valence-electron chi connectivity index (χ0n) is 4.74. The summed E-state index contributed by atoms with van der Waals surface area (Å²) in [7, 11) is 0. The molecule has 1 aromatic rings. The van der Waals surface area contributed by atoms with Crippen LogP contribution in [0.1, 0.15) is 0 Å². The van der Waals surface area contributed by atoms with Crippen molar-refractivity contribution in [1.29, 1.82) is 0 Å². The third-order valence-electron chi connectivity index (χ3n) is 0.914. The highest BCUT2D eigenvalue weighted by atomic mass is 35.5. The van der Waals surface area contributed by atoms with Crippen LogP contribution in [-0.4, -0.2) is 4.98 Å². The van der Waals surface area contributed by atoms with Crippen LogP contribution in [0.15, 0.2) is 6.07 Å². The first-order valence-electron chi connectivity index (χ1n) is 2.38. The van der Waals surface area contributed by atoms with Crippen molar-refractivity contribution in [2.45, 2.75) is 0 Å². The zero-order valence-corrected chi connectivity index (χ0v) is 5.49. The normalized spacial score (nSPS) is 9.90. The summed E-state index contributed by atoms with van der Waals surface area (Å²) in [6.45, 7) is 0. The van der Waals surface area contributed by atoms with Gasteiger partial charge in [0.2, 0.25) is 0 Å². The van der Waals surface area contributed by atoms with Crippen LogP contribution in [0, 0.1) is 11.8 Å². The molecule has 1 heterocycles. The molecule has 0 aliphatic rings. The molecule has 0 saturated carbocycles. The first-order chi connectivity index (χ1) is 4.61. The fourth-order valence-electron chi connectivity index (χ4n) is 0.457. The highest BCUT2D eigenvalue weighted by Gasteiger charge is 2.06. The second-order valence-electron chi connectivity index (χ2n) is 1.63. The van der Waals surface area contributed by atoms with Crippen molar-refractivity contribution < 1.29 is 8.78 Å². The van der Waals surface area contributed by atoms with Crippen molar-refractivity contribution in [2.24, 2.45) is 0 Å². The Kier molecular flexibility index (Phi) is 1.72. The average molecular weight is 165 g/mol. The van der Waals surface area contributed by atoms with Crippen LogP contribution in [0.3, 0.4) is 0 Å². The number of anilines is 1. The number of nitrogens with zero attached hydrogens (tertiary/aromatic N) is 1. The molecule has 2 N–H and O–H groups in total. The lowest BCUT2D eigenvalue weighted by Crippen LogP contribution is -1.96. The van der Waals surface area contributed by atoms with E-state index in [0.29, 0.717) is 0 Å². The molecule has 0 unspecified atom stereocenters. The van der Waals surface area contributed by atoms with E-state index in [1.807, 2.05) is 0 Å². The molecule has 5 heteroatoms. The first-order valence-corrected chi connectivity index (χ1v) is 2.76. The van der Waals surface area contributed by atoms with Crippen LogP contribution in [0.25, 0.3) is 0 Å². The monoisotopic (exact) mass is 164 g/mol. The van der Waals surface area contributed by atoms with E-state index in [1.54, 1.807) is 0 Å². The Balaban J connectivity index is 3.28. The topological polar surface area (TPSA) is 38.9 Å². The Morgan fingerprint density at radius 3 is 2.60 bits per heavy atom. The number of nitrogen functional groups attached to an aromatic ring is 1. The van der Waals surface area contributed by atoms with Crippen LogP contribution >= 0.6 is 11.6 Å². The van der Waals surface area contributed by atoms with Crippen LogP contribution in [0.2, 0.25) is 5.02 Å². The third-order valence-corrected chi connectivity index (χ3v) is 1.22. The molecule has 0 radical (unpaired) electrons. The second-order valence-corrected chi connectivity index (χ2v) is 2.04. The minimum atomic E-state index is -1.23. The summed E-state index contributed by atoms with van der Waals surface area (Å²) in [5.41, 5.74) is 5.04. The van der Waals surface area contributed by atoms with E-state index in [-0.39, 0.29) is 10.8 Å². The van der Waals surface area contributed by atoms with E-state index < -0.39 is 11.8 Å². The van der Waals surface area contributed by atoms with Gasteiger partial charge in [0.05, 0.1) is 5.02 Å². The molecule has 2 nitrogen and oxygen atoms in total. The largest absolute Gasteiger partial charge is 0.382 e. The number of nitrogens with two attached hydrogens (primary N) is 1. The summed E-state index contributed by atoms with van der Waals surface area (Å²) < 4.78 is 24.3. The lowest BCUT2D eigenvalue weighted by atomic mass is 10.4. The molecule has 0 bridgehead atoms. The average Bonchev–Trinajstić information content (AvgIpc) is 1.84. The Bertz CT molecular complexity index is 214. The molecule has 1 rings (SSSR count). The molecular formula is C5H3ClF2N2. The minimum Gasteiger partial charge on any atom is -0.382 e. The maximum atomic E-state index is 12.2. The van der Waals surface area contributed by atoms with Gasteiger partial charge in [0.25, 0.3) is 5.95 Å². The standard InChI is InChI=1S/C5H3ClF2N2/c6-2-1-3(7)4(8)10-5(2)9/h1H,(H2,9,10). The number of hydrogen-bond acceptors (Lipinski definition) is 2. The molecule has 0 amide bonds. The van der Waals surface area contributed by atoms with Crippen molar-refractivity contribution in [2.75, 3.05) is 5.73 Å². The van der Waals surface area contributed by atoms with Gasteiger partial charge in [0.1, 0.15) is 5.82 Å². The van der Waals surface area contributed by atoms with Crippen LogP contribution in [0.5, 0.6) is 0 Å². The van der Waals surface area contributed by atoms with Gasteiger partial charge < -0.3 is 5.73 Å². The maximum Gasteiger partial charge on any atom is 0.250 e. The van der Waals surface area contributed by atoms with Crippen molar-refractivity contribution in [1.82, 2.24) is 4.98 Å². The highest BCUT2D eigenvalue weighted by molar-refractivity contribution is 6.32. The lowest BCUT2D eigenvalue weighted by Gasteiger charge is -1.95. The SMILES string of the molecule is Nc1nc(F)c(F)cc1Cl. The van der Waals surface area contributed by atoms with Gasteiger partial charge in [0, 0.05) is 6.07 Å². The summed E-state index contributed by atoms with van der Waals surface area (Å²) in [5.74, 6) is -2.54. The van der Waals surface area contributed by atoms with Crippen molar-refractivity contribution in [3.05, 3.63) is 22.9 Å². The Hall–Kier alpha value is -0.900. The molecule has 0 saturated heterocycles. The predicted octanol–water partition coefficient (Wildman–Crippen LogP) is 1.60. The quantitative estimate of drug-likeness (QED) is 0.592. The van der Waals surface area contributed by atoms with Gasteiger partial charge in [-0.2, -0.15) is 9.37 Å². The third kappa shape index (κ3) is 1.16. The van der Waals surface area contributed by atoms with Crippen molar-refractivity contribution in [3.63, 3.8) is 0 Å². The van der Waals surface area contributed by atoms with E-state index >= 15 is 0 Å². The number of hydrogen-bond donors (Lipinski definition) is 1. The predicted molar refractivity (Wildman–Crippen MR) is 33.6 cm³/mol. The van der Waals surface area contributed by atoms with Gasteiger partial charge in [-0.1, -0.05) is 11.6 Å². The fraction of sp³-hybridized carbons (Fsp3) is 0. The van der Waals surface area contributed by atoms with Crippen LogP contribution in [0.4, 0.5) is 14.6 Å². The highest BCUT2D eigenvalue weighted by Crippen LogP contribution is 2.17. The van der Waals surface area contributed by atoms with Gasteiger partial charge in [-0.05, 0) is 0 Å². The van der Waals surface area contributed by atoms with E-state index in [2.05, 4.69) is 4.98 Å². The summed E-state index contributed by atoms with van der Waals surface area (Å²) in [4.78, 5) is 2.98. The fourth-order valence-corrected chi connectivity index (χ4v) is 0.595. The first kappa shape index (κ1) is 7.21. The van der Waals surface area contributed by atoms with Crippen molar-refractivity contribution in [3.8, 4) is 0 Å². The van der Waals surface area contributed by atoms with Crippen molar-refractivity contribution >= 4 is 17.4 Å². The van der Waals surface area contributed by atoms with Crippen LogP contribution in [-0.2, 0) is 0 Å². The molecule has 0 spiro atoms. The second kappa shape index (κ2) is 2.38. The van der Waals surface area contributed by atoms with Crippen LogP contribution < -0.4 is 5.73 Å².